The van der Waals surface area contributed by atoms with Crippen LogP contribution in [0.15, 0.2) is 71.4 Å². The highest BCUT2D eigenvalue weighted by Crippen LogP contribution is 2.28. The van der Waals surface area contributed by atoms with Crippen molar-refractivity contribution in [3.05, 3.63) is 89.8 Å². The summed E-state index contributed by atoms with van der Waals surface area (Å²) >= 11 is 0. The number of aromatic nitrogens is 2. The number of halogens is 2. The van der Waals surface area contributed by atoms with Gasteiger partial charge in [0, 0.05) is 43.0 Å². The Morgan fingerprint density at radius 1 is 0.978 bits per heavy atom. The van der Waals surface area contributed by atoms with Crippen LogP contribution >= 0.6 is 0 Å². The lowest BCUT2D eigenvalue weighted by molar-refractivity contribution is -0.143. The van der Waals surface area contributed by atoms with Crippen LogP contribution in [-0.2, 0) is 19.3 Å². The number of hydrogen-bond acceptors (Lipinski definition) is 7. The van der Waals surface area contributed by atoms with Crippen molar-refractivity contribution in [1.82, 2.24) is 9.97 Å². The molecule has 0 aliphatic rings. The second kappa shape index (κ2) is 14.6. The molecule has 45 heavy (non-hydrogen) atoms. The van der Waals surface area contributed by atoms with Gasteiger partial charge in [0.2, 0.25) is 0 Å². The van der Waals surface area contributed by atoms with Crippen molar-refractivity contribution in [3.8, 4) is 22.9 Å². The first kappa shape index (κ1) is 32.8. The van der Waals surface area contributed by atoms with Gasteiger partial charge < -0.3 is 25.1 Å². The summed E-state index contributed by atoms with van der Waals surface area (Å²) in [6.45, 7) is 3.70. The molecule has 1 unspecified atom stereocenters. The molecule has 0 saturated carbocycles. The molecule has 0 saturated heterocycles. The number of urea groups is 1. The third-order valence-electron chi connectivity index (χ3n) is 6.22. The fourth-order valence-electron chi connectivity index (χ4n) is 4.09. The summed E-state index contributed by atoms with van der Waals surface area (Å²) in [5.74, 6) is -2.00. The molecule has 1 atom stereocenters. The Hall–Kier alpha value is -5.11. The van der Waals surface area contributed by atoms with Crippen LogP contribution in [0.3, 0.4) is 0 Å². The van der Waals surface area contributed by atoms with Gasteiger partial charge in [0.25, 0.3) is 5.91 Å². The number of ether oxygens (including phenoxy) is 2. The number of carbonyl (C=O) groups is 3. The summed E-state index contributed by atoms with van der Waals surface area (Å²) < 4.78 is 55.9. The minimum atomic E-state index is -2.87. The van der Waals surface area contributed by atoms with Gasteiger partial charge in [0.15, 0.2) is 0 Å². The van der Waals surface area contributed by atoms with Crippen LogP contribution in [-0.4, -0.2) is 50.7 Å². The molecule has 11 nitrogen and oxygen atoms in total. The summed E-state index contributed by atoms with van der Waals surface area (Å²) in [6, 6.07) is 11.8. The zero-order chi connectivity index (χ0) is 32.6. The SMILES string of the molecule is CCOC(=O)CCCS(C)(=O)=NC(=O)c1c[nH]c(-c2cc(Oc3ccc(NC(=O)Nc4cc(C)ccc4F)c(F)c3)ccn2)c1. The van der Waals surface area contributed by atoms with E-state index in [0.29, 0.717) is 17.1 Å². The molecule has 0 aliphatic carbocycles. The van der Waals surface area contributed by atoms with Crippen LogP contribution in [0, 0.1) is 18.6 Å². The predicted octanol–water partition coefficient (Wildman–Crippen LogP) is 6.68. The van der Waals surface area contributed by atoms with Gasteiger partial charge in [0.1, 0.15) is 23.1 Å². The number of nitrogens with zero attached hydrogens (tertiary/aromatic N) is 2. The predicted molar refractivity (Wildman–Crippen MR) is 166 cm³/mol. The summed E-state index contributed by atoms with van der Waals surface area (Å²) in [5.41, 5.74) is 1.57. The van der Waals surface area contributed by atoms with E-state index in [1.807, 2.05) is 0 Å². The number of H-pyrrole nitrogens is 1. The number of esters is 1. The fourth-order valence-corrected chi connectivity index (χ4v) is 5.31. The maximum atomic E-state index is 14.8. The van der Waals surface area contributed by atoms with Crippen LogP contribution < -0.4 is 15.4 Å². The van der Waals surface area contributed by atoms with Crippen molar-refractivity contribution in [2.75, 3.05) is 29.2 Å². The zero-order valence-electron chi connectivity index (χ0n) is 24.7. The van der Waals surface area contributed by atoms with Crippen molar-refractivity contribution in [1.29, 1.82) is 0 Å². The quantitative estimate of drug-likeness (QED) is 0.155. The minimum Gasteiger partial charge on any atom is -0.466 e. The van der Waals surface area contributed by atoms with E-state index >= 15 is 0 Å². The molecular weight excluding hydrogens is 608 g/mol. The Morgan fingerprint density at radius 2 is 1.73 bits per heavy atom. The molecule has 2 aromatic carbocycles. The Morgan fingerprint density at radius 3 is 2.49 bits per heavy atom. The van der Waals surface area contributed by atoms with E-state index in [-0.39, 0.29) is 47.9 Å². The molecule has 14 heteroatoms. The number of aromatic amines is 1. The molecule has 0 fully saturated rings. The van der Waals surface area contributed by atoms with Crippen LogP contribution in [0.2, 0.25) is 0 Å². The number of carbonyl (C=O) groups excluding carboxylic acids is 3. The summed E-state index contributed by atoms with van der Waals surface area (Å²) in [6.07, 6.45) is 4.59. The number of rotatable bonds is 11. The lowest BCUT2D eigenvalue weighted by Crippen LogP contribution is -2.20. The highest BCUT2D eigenvalue weighted by Gasteiger charge is 2.15. The number of anilines is 2. The molecule has 3 amide bonds. The second-order valence-corrected chi connectivity index (χ2v) is 12.5. The van der Waals surface area contributed by atoms with E-state index < -0.39 is 39.3 Å². The smallest absolute Gasteiger partial charge is 0.323 e. The molecular formula is C31H31F2N5O6S. The molecule has 4 aromatic rings. The van der Waals surface area contributed by atoms with E-state index in [4.69, 9.17) is 9.47 Å². The lowest BCUT2D eigenvalue weighted by Gasteiger charge is -2.11. The van der Waals surface area contributed by atoms with Crippen LogP contribution in [0.4, 0.5) is 25.0 Å². The first-order valence-corrected chi connectivity index (χ1v) is 15.9. The number of pyridine rings is 1. The van der Waals surface area contributed by atoms with Crippen LogP contribution in [0.5, 0.6) is 11.5 Å². The zero-order valence-corrected chi connectivity index (χ0v) is 25.5. The summed E-state index contributed by atoms with van der Waals surface area (Å²) in [4.78, 5) is 43.7. The number of aryl methyl sites for hydroxylation is 1. The molecule has 0 spiro atoms. The molecule has 0 radical (unpaired) electrons. The monoisotopic (exact) mass is 639 g/mol. The second-order valence-electron chi connectivity index (χ2n) is 9.95. The van der Waals surface area contributed by atoms with Gasteiger partial charge in [0.05, 0.1) is 44.7 Å². The average molecular weight is 640 g/mol. The molecule has 4 rings (SSSR count). The number of hydrogen-bond donors (Lipinski definition) is 3. The van der Waals surface area contributed by atoms with Gasteiger partial charge in [-0.15, -0.1) is 0 Å². The van der Waals surface area contributed by atoms with Gasteiger partial charge >= 0.3 is 12.0 Å². The molecule has 2 aromatic heterocycles. The van der Waals surface area contributed by atoms with Crippen molar-refractivity contribution >= 4 is 39.0 Å². The number of nitrogens with one attached hydrogen (secondary N) is 3. The third kappa shape index (κ3) is 9.44. The minimum absolute atomic E-state index is 0.0397. The topological polar surface area (TPSA) is 152 Å². The lowest BCUT2D eigenvalue weighted by atomic mass is 10.2. The third-order valence-corrected chi connectivity index (χ3v) is 7.82. The van der Waals surface area contributed by atoms with Gasteiger partial charge in [-0.05, 0) is 62.2 Å². The van der Waals surface area contributed by atoms with Gasteiger partial charge in [-0.25, -0.2) is 17.8 Å². The van der Waals surface area contributed by atoms with Crippen LogP contribution in [0.1, 0.15) is 35.7 Å². The van der Waals surface area contributed by atoms with E-state index in [1.54, 1.807) is 32.0 Å². The maximum absolute atomic E-state index is 14.8. The summed E-state index contributed by atoms with van der Waals surface area (Å²) in [5, 5.41) is 4.69. The molecule has 0 bridgehead atoms. The highest BCUT2D eigenvalue weighted by molar-refractivity contribution is 7.93. The normalized spacial score (nSPS) is 12.1. The van der Waals surface area contributed by atoms with E-state index in [0.717, 1.165) is 11.6 Å². The Balaban J connectivity index is 1.38. The first-order valence-electron chi connectivity index (χ1n) is 13.8. The van der Waals surface area contributed by atoms with Gasteiger partial charge in [-0.2, -0.15) is 4.36 Å². The van der Waals surface area contributed by atoms with Crippen molar-refractivity contribution in [2.24, 2.45) is 4.36 Å². The van der Waals surface area contributed by atoms with Gasteiger partial charge in [-0.1, -0.05) is 6.07 Å². The largest absolute Gasteiger partial charge is 0.466 e. The highest BCUT2D eigenvalue weighted by atomic mass is 32.2. The molecule has 236 valence electrons. The average Bonchev–Trinajstić information content (AvgIpc) is 3.47. The Kier molecular flexibility index (Phi) is 10.6. The van der Waals surface area contributed by atoms with Crippen LogP contribution in [0.25, 0.3) is 11.4 Å². The van der Waals surface area contributed by atoms with E-state index in [1.165, 1.54) is 49.0 Å². The molecule has 3 N–H and O–H groups in total. The van der Waals surface area contributed by atoms with E-state index in [9.17, 15) is 27.4 Å². The Bertz CT molecular complexity index is 1850. The van der Waals surface area contributed by atoms with Gasteiger partial charge in [-0.3, -0.25) is 14.6 Å². The first-order chi connectivity index (χ1) is 21.4. The van der Waals surface area contributed by atoms with Crippen molar-refractivity contribution in [2.45, 2.75) is 26.7 Å². The van der Waals surface area contributed by atoms with Crippen molar-refractivity contribution in [3.63, 3.8) is 0 Å². The standard InChI is InChI=1S/C31H31F2N5O6S/c1-4-43-29(39)6-5-13-45(3,42)38-30(40)20-15-27(35-18-20)28-17-22(11-12-34-28)44-21-8-10-25(24(33)16-21)36-31(41)37-26-14-19(2)7-9-23(26)32/h7-12,14-18,35H,4-6,13H2,1-3H3,(H2,36,37,41). The number of amides is 3. The Labute approximate surface area is 258 Å². The summed E-state index contributed by atoms with van der Waals surface area (Å²) in [7, 11) is -2.87. The fraction of sp³-hybridized carbons (Fsp3) is 0.226. The van der Waals surface area contributed by atoms with Crippen molar-refractivity contribution < 1.29 is 36.8 Å². The molecule has 0 aliphatic heterocycles. The van der Waals surface area contributed by atoms with E-state index in [2.05, 4.69) is 25.0 Å². The number of benzene rings is 2. The maximum Gasteiger partial charge on any atom is 0.323 e. The molecule has 2 heterocycles.